The van der Waals surface area contributed by atoms with Crippen LogP contribution in [0.2, 0.25) is 51.9 Å². The van der Waals surface area contributed by atoms with Crippen molar-refractivity contribution in [3.05, 3.63) is 13.3 Å². The summed E-state index contributed by atoms with van der Waals surface area (Å²) in [5.74, 6) is 1.11. The molecule has 5 nitrogen and oxygen atoms in total. The number of carbonyl (C=O) groups excluding carboxylic acids is 2. The third-order valence-electron chi connectivity index (χ3n) is 4.52. The molecule has 0 aliphatic carbocycles. The van der Waals surface area contributed by atoms with Gasteiger partial charge in [-0.1, -0.05) is 27.7 Å². The van der Waals surface area contributed by atoms with E-state index in [4.69, 9.17) is 8.23 Å². The molecule has 0 radical (unpaired) electrons. The molecule has 1 amide bonds. The van der Waals surface area contributed by atoms with Crippen molar-refractivity contribution in [2.75, 3.05) is 6.54 Å². The van der Waals surface area contributed by atoms with E-state index in [1.54, 1.807) is 0 Å². The summed E-state index contributed by atoms with van der Waals surface area (Å²) < 4.78 is 12.3. The zero-order chi connectivity index (χ0) is 25.6. The summed E-state index contributed by atoms with van der Waals surface area (Å²) in [4.78, 5) is 22.8. The Balaban J connectivity index is -0.000000545. The van der Waals surface area contributed by atoms with E-state index >= 15 is 0 Å². The first-order chi connectivity index (χ1) is 14.4. The average molecular weight is 742 g/mol. The second-order valence-electron chi connectivity index (χ2n) is 11.3. The van der Waals surface area contributed by atoms with Crippen LogP contribution in [0.15, 0.2) is 0 Å². The molecule has 0 saturated carbocycles. The van der Waals surface area contributed by atoms with Crippen LogP contribution in [0.25, 0.3) is 0 Å². The zero-order valence-corrected chi connectivity index (χ0v) is 30.7. The Bertz CT molecular complexity index is 536. The minimum atomic E-state index is -1.91. The normalized spacial score (nSPS) is 12.2. The fourth-order valence-corrected chi connectivity index (χ4v) is 15.2. The number of hydrogen-bond donors (Lipinski definition) is 1. The summed E-state index contributed by atoms with van der Waals surface area (Å²) >= 11 is 0. The van der Waals surface area contributed by atoms with Crippen molar-refractivity contribution in [3.8, 4) is 0 Å². The summed E-state index contributed by atoms with van der Waals surface area (Å²) in [6.07, 6.45) is 5.77. The fraction of sp³-hybridized carbons (Fsp3) is 0.833. The predicted molar refractivity (Wildman–Crippen MR) is 146 cm³/mol. The van der Waals surface area contributed by atoms with Gasteiger partial charge in [0.1, 0.15) is 14.1 Å². The molecule has 0 heterocycles. The van der Waals surface area contributed by atoms with Gasteiger partial charge in [0.2, 0.25) is 5.91 Å². The molecule has 0 unspecified atom stereocenters. The minimum Gasteiger partial charge on any atom is -0.439 e. The molecule has 0 rings (SSSR count). The molecule has 0 atom stereocenters. The molecule has 0 bridgehead atoms. The van der Waals surface area contributed by atoms with Gasteiger partial charge in [-0.2, -0.15) is 12.5 Å². The number of carbonyl (C=O) groups is 2. The van der Waals surface area contributed by atoms with Gasteiger partial charge in [0.05, 0.1) is 0 Å². The first-order valence-corrected chi connectivity index (χ1v) is 21.6. The maximum absolute atomic E-state index is 11.5. The molecule has 0 aromatic carbocycles. The first kappa shape index (κ1) is 38.3. The number of hydrogen-bond acceptors (Lipinski definition) is 4. The largest absolute Gasteiger partial charge is 2.00 e. The summed E-state index contributed by atoms with van der Waals surface area (Å²) in [6, 6.07) is 0.915. The topological polar surface area (TPSA) is 64.6 Å². The number of nitrogens with one attached hydrogen (secondary N) is 1. The van der Waals surface area contributed by atoms with Gasteiger partial charge in [0.15, 0.2) is 8.32 Å². The summed E-state index contributed by atoms with van der Waals surface area (Å²) in [7, 11) is -4.94. The maximum atomic E-state index is 11.5. The van der Waals surface area contributed by atoms with Crippen LogP contribution >= 0.6 is 0 Å². The van der Waals surface area contributed by atoms with Crippen LogP contribution in [0, 0.1) is 56.3 Å². The van der Waals surface area contributed by atoms with Crippen LogP contribution in [0.5, 0.6) is 0 Å². The van der Waals surface area contributed by atoms with Crippen LogP contribution in [-0.2, 0) is 17.8 Å². The SMILES string of the molecule is CC(C)CCCNC(=O)CC[CH-]CC(=O)C(C)C.[CH2-]C[Si](C)(C)O[Si](C)(C)O[Si](C)(C)C.[U+2]. The van der Waals surface area contributed by atoms with E-state index in [0.29, 0.717) is 25.2 Å². The Morgan fingerprint density at radius 2 is 1.52 bits per heavy atom. The van der Waals surface area contributed by atoms with E-state index in [1.807, 2.05) is 20.3 Å². The van der Waals surface area contributed by atoms with Gasteiger partial charge < -0.3 is 31.7 Å². The molecule has 0 fully saturated rings. The van der Waals surface area contributed by atoms with Gasteiger partial charge in [-0.3, -0.25) is 4.79 Å². The second kappa shape index (κ2) is 19.0. The van der Waals surface area contributed by atoms with Crippen LogP contribution in [-0.4, -0.2) is 43.4 Å². The molecular weight excluding hydrogens is 689 g/mol. The van der Waals surface area contributed by atoms with Crippen molar-refractivity contribution in [2.45, 2.75) is 112 Å². The Labute approximate surface area is 233 Å². The van der Waals surface area contributed by atoms with Crippen molar-refractivity contribution in [2.24, 2.45) is 11.8 Å². The quantitative estimate of drug-likeness (QED) is 0.115. The summed E-state index contributed by atoms with van der Waals surface area (Å²) in [5, 5.41) is 2.91. The Morgan fingerprint density at radius 3 is 1.94 bits per heavy atom. The standard InChI is InChI=1S/C15H28NO2.C9H25O2Si3.U/c1-12(2)8-7-11-16-15(18)10-6-5-9-14(17)13(3)4;1-9-13(5,6)11-14(7,8)10-12(2,3)4;/h5,12-13H,6-11H2,1-4H3,(H,16,18);1,9H2,2-8H3;/q2*-1;+2. The molecule has 194 valence electrons. The molecule has 0 spiro atoms. The fourth-order valence-electron chi connectivity index (χ4n) is 3.01. The van der Waals surface area contributed by atoms with Crippen molar-refractivity contribution >= 4 is 36.9 Å². The number of Topliss-reactive ketones (excluding diaryl/α,β-unsaturated/α-hetero) is 1. The van der Waals surface area contributed by atoms with Gasteiger partial charge in [0, 0.05) is 12.5 Å². The third kappa shape index (κ3) is 27.2. The van der Waals surface area contributed by atoms with Crippen LogP contribution in [0.4, 0.5) is 0 Å². The van der Waals surface area contributed by atoms with E-state index in [9.17, 15) is 9.59 Å². The average Bonchev–Trinajstić information content (AvgIpc) is 2.59. The predicted octanol–water partition coefficient (Wildman–Crippen LogP) is 6.73. The Hall–Kier alpha value is 0.763. The number of unbranched alkanes of at least 4 members (excludes halogenated alkanes) is 1. The van der Waals surface area contributed by atoms with Crippen molar-refractivity contribution in [3.63, 3.8) is 0 Å². The molecule has 33 heavy (non-hydrogen) atoms. The maximum Gasteiger partial charge on any atom is 2.00 e. The van der Waals surface area contributed by atoms with E-state index < -0.39 is 25.2 Å². The second-order valence-corrected chi connectivity index (χ2v) is 23.9. The van der Waals surface area contributed by atoms with Crippen molar-refractivity contribution in [1.82, 2.24) is 5.32 Å². The molecule has 1 N–H and O–H groups in total. The smallest absolute Gasteiger partial charge is 0.439 e. The number of ketones is 1. The van der Waals surface area contributed by atoms with E-state index in [-0.39, 0.29) is 48.7 Å². The zero-order valence-electron chi connectivity index (χ0n) is 23.5. The van der Waals surface area contributed by atoms with Crippen LogP contribution < -0.4 is 5.32 Å². The van der Waals surface area contributed by atoms with Crippen LogP contribution in [0.1, 0.15) is 59.8 Å². The first-order valence-electron chi connectivity index (χ1n) is 12.2. The van der Waals surface area contributed by atoms with Crippen molar-refractivity contribution in [1.29, 1.82) is 0 Å². The third-order valence-corrected chi connectivity index (χ3v) is 14.3. The molecule has 0 aliphatic rings. The number of rotatable bonds is 15. The van der Waals surface area contributed by atoms with Crippen molar-refractivity contribution < 1.29 is 48.9 Å². The van der Waals surface area contributed by atoms with Crippen LogP contribution in [0.3, 0.4) is 0 Å². The molecule has 9 heteroatoms. The Morgan fingerprint density at radius 1 is 0.970 bits per heavy atom. The molecule has 0 aliphatic heterocycles. The Kier molecular flexibility index (Phi) is 22.0. The molecule has 0 aromatic rings. The van der Waals surface area contributed by atoms with E-state index in [2.05, 4.69) is 71.9 Å². The van der Waals surface area contributed by atoms with Gasteiger partial charge >= 0.3 is 39.7 Å². The monoisotopic (exact) mass is 741 g/mol. The van der Waals surface area contributed by atoms with Gasteiger partial charge in [0.25, 0.3) is 0 Å². The number of amides is 1. The minimum absolute atomic E-state index is 0. The summed E-state index contributed by atoms with van der Waals surface area (Å²) in [5.41, 5.74) is 0. The van der Waals surface area contributed by atoms with Gasteiger partial charge in [-0.25, -0.2) is 0 Å². The molecule has 0 saturated heterocycles. The molecule has 0 aromatic heterocycles. The molecular formula is C24H53NO4Si3U. The van der Waals surface area contributed by atoms with E-state index in [0.717, 1.165) is 25.4 Å². The summed E-state index contributed by atoms with van der Waals surface area (Å²) in [6.45, 7) is 28.2. The van der Waals surface area contributed by atoms with Gasteiger partial charge in [-0.15, -0.1) is 6.42 Å². The van der Waals surface area contributed by atoms with Gasteiger partial charge in [-0.05, 0) is 71.0 Å². The van der Waals surface area contributed by atoms with E-state index in [1.165, 1.54) is 0 Å².